The van der Waals surface area contributed by atoms with Crippen molar-refractivity contribution in [3.05, 3.63) is 5.82 Å². The van der Waals surface area contributed by atoms with Crippen molar-refractivity contribution in [1.29, 1.82) is 0 Å². The van der Waals surface area contributed by atoms with Gasteiger partial charge >= 0.3 is 0 Å². The highest BCUT2D eigenvalue weighted by molar-refractivity contribution is 7.99. The van der Waals surface area contributed by atoms with Crippen LogP contribution in [0, 0.1) is 6.92 Å². The topological polar surface area (TPSA) is 108 Å². The summed E-state index contributed by atoms with van der Waals surface area (Å²) in [4.78, 5) is 22.0. The summed E-state index contributed by atoms with van der Waals surface area (Å²) in [6, 6.07) is 0. The van der Waals surface area contributed by atoms with Gasteiger partial charge in [-0.25, -0.2) is 4.98 Å². The van der Waals surface area contributed by atoms with Crippen LogP contribution in [0.2, 0.25) is 0 Å². The van der Waals surface area contributed by atoms with Crippen LogP contribution in [0.4, 0.5) is 5.95 Å². The lowest BCUT2D eigenvalue weighted by atomic mass is 10.7. The van der Waals surface area contributed by atoms with Crippen molar-refractivity contribution in [2.24, 2.45) is 5.73 Å². The first-order chi connectivity index (χ1) is 6.08. The molecule has 1 aromatic rings. The SMILES string of the molecule is Cc1nc(N)nc(SCC(N)=O)n1. The summed E-state index contributed by atoms with van der Waals surface area (Å²) < 4.78 is 0. The molecule has 0 radical (unpaired) electrons. The zero-order valence-electron chi connectivity index (χ0n) is 7.02. The molecular weight excluding hydrogens is 190 g/mol. The predicted molar refractivity (Wildman–Crippen MR) is 48.9 cm³/mol. The van der Waals surface area contributed by atoms with Gasteiger partial charge in [-0.3, -0.25) is 4.79 Å². The first-order valence-corrected chi connectivity index (χ1v) is 4.46. The number of thioether (sulfide) groups is 1. The van der Waals surface area contributed by atoms with Crippen molar-refractivity contribution in [2.45, 2.75) is 12.1 Å². The van der Waals surface area contributed by atoms with E-state index in [0.29, 0.717) is 11.0 Å². The Morgan fingerprint density at radius 2 is 2.15 bits per heavy atom. The van der Waals surface area contributed by atoms with Gasteiger partial charge in [-0.2, -0.15) is 9.97 Å². The molecule has 0 saturated carbocycles. The summed E-state index contributed by atoms with van der Waals surface area (Å²) in [7, 11) is 0. The van der Waals surface area contributed by atoms with Gasteiger partial charge < -0.3 is 11.5 Å². The van der Waals surface area contributed by atoms with Crippen molar-refractivity contribution in [2.75, 3.05) is 11.5 Å². The highest BCUT2D eigenvalue weighted by Crippen LogP contribution is 2.12. The second-order valence-corrected chi connectivity index (χ2v) is 3.22. The van der Waals surface area contributed by atoms with E-state index in [1.165, 1.54) is 0 Å². The number of hydrogen-bond donors (Lipinski definition) is 2. The molecule has 0 bridgehead atoms. The molecule has 0 aliphatic carbocycles. The third-order valence-corrected chi connectivity index (χ3v) is 1.96. The molecule has 0 aliphatic heterocycles. The first kappa shape index (κ1) is 9.72. The van der Waals surface area contributed by atoms with Crippen LogP contribution in [0.25, 0.3) is 0 Å². The van der Waals surface area contributed by atoms with E-state index in [0.717, 1.165) is 11.8 Å². The van der Waals surface area contributed by atoms with Gasteiger partial charge in [0, 0.05) is 0 Å². The summed E-state index contributed by atoms with van der Waals surface area (Å²) in [5.41, 5.74) is 10.3. The van der Waals surface area contributed by atoms with Crippen LogP contribution in [0.5, 0.6) is 0 Å². The monoisotopic (exact) mass is 199 g/mol. The van der Waals surface area contributed by atoms with Crippen LogP contribution >= 0.6 is 11.8 Å². The van der Waals surface area contributed by atoms with E-state index >= 15 is 0 Å². The summed E-state index contributed by atoms with van der Waals surface area (Å²) in [6.45, 7) is 1.70. The Hall–Kier alpha value is -1.37. The van der Waals surface area contributed by atoms with E-state index < -0.39 is 5.91 Å². The molecule has 1 aromatic heterocycles. The molecule has 0 aliphatic rings. The highest BCUT2D eigenvalue weighted by atomic mass is 32.2. The summed E-state index contributed by atoms with van der Waals surface area (Å²) in [5, 5.41) is 0.420. The number of aromatic nitrogens is 3. The van der Waals surface area contributed by atoms with Crippen LogP contribution < -0.4 is 11.5 Å². The number of rotatable bonds is 3. The summed E-state index contributed by atoms with van der Waals surface area (Å²) in [5.74, 6) is 0.406. The molecule has 0 atom stereocenters. The lowest BCUT2D eigenvalue weighted by Gasteiger charge is -1.99. The Kier molecular flexibility index (Phi) is 3.02. The number of nitrogens with zero attached hydrogens (tertiary/aromatic N) is 3. The van der Waals surface area contributed by atoms with Crippen molar-refractivity contribution >= 4 is 23.6 Å². The highest BCUT2D eigenvalue weighted by Gasteiger charge is 2.03. The maximum atomic E-state index is 10.4. The molecule has 70 valence electrons. The van der Waals surface area contributed by atoms with Crippen LogP contribution in [-0.4, -0.2) is 26.6 Å². The Morgan fingerprint density at radius 1 is 1.46 bits per heavy atom. The average Bonchev–Trinajstić information content (AvgIpc) is 1.99. The van der Waals surface area contributed by atoms with Crippen molar-refractivity contribution in [3.8, 4) is 0 Å². The number of amides is 1. The quantitative estimate of drug-likeness (QED) is 0.625. The third-order valence-electron chi connectivity index (χ3n) is 1.09. The van der Waals surface area contributed by atoms with Gasteiger partial charge in [-0.05, 0) is 6.92 Å². The maximum absolute atomic E-state index is 10.4. The molecule has 1 amide bonds. The Balaban J connectivity index is 2.71. The fraction of sp³-hybridized carbons (Fsp3) is 0.333. The number of hydrogen-bond acceptors (Lipinski definition) is 6. The van der Waals surface area contributed by atoms with Crippen LogP contribution in [0.1, 0.15) is 5.82 Å². The summed E-state index contributed by atoms with van der Waals surface area (Å²) in [6.07, 6.45) is 0. The van der Waals surface area contributed by atoms with Gasteiger partial charge in [-0.15, -0.1) is 0 Å². The molecule has 6 nitrogen and oxygen atoms in total. The fourth-order valence-corrected chi connectivity index (χ4v) is 1.30. The molecular formula is C6H9N5OS. The fourth-order valence-electron chi connectivity index (χ4n) is 0.677. The van der Waals surface area contributed by atoms with E-state index in [1.807, 2.05) is 0 Å². The van der Waals surface area contributed by atoms with E-state index in [4.69, 9.17) is 11.5 Å². The van der Waals surface area contributed by atoms with Crippen molar-refractivity contribution in [3.63, 3.8) is 0 Å². The van der Waals surface area contributed by atoms with Crippen molar-refractivity contribution < 1.29 is 4.79 Å². The minimum absolute atomic E-state index is 0.142. The lowest BCUT2D eigenvalue weighted by Crippen LogP contribution is -2.13. The van der Waals surface area contributed by atoms with Crippen LogP contribution in [0.15, 0.2) is 5.16 Å². The molecule has 0 aromatic carbocycles. The Morgan fingerprint density at radius 3 is 2.69 bits per heavy atom. The average molecular weight is 199 g/mol. The second-order valence-electron chi connectivity index (χ2n) is 2.28. The predicted octanol–water partition coefficient (Wildman–Crippen LogP) is -0.660. The second kappa shape index (κ2) is 4.04. The van der Waals surface area contributed by atoms with Gasteiger partial charge in [-0.1, -0.05) is 11.8 Å². The zero-order valence-corrected chi connectivity index (χ0v) is 7.84. The first-order valence-electron chi connectivity index (χ1n) is 3.47. The lowest BCUT2D eigenvalue weighted by molar-refractivity contribution is -0.115. The van der Waals surface area contributed by atoms with E-state index in [1.54, 1.807) is 6.92 Å². The largest absolute Gasteiger partial charge is 0.369 e. The number of nitrogens with two attached hydrogens (primary N) is 2. The minimum atomic E-state index is -0.415. The molecule has 4 N–H and O–H groups in total. The summed E-state index contributed by atoms with van der Waals surface area (Å²) >= 11 is 1.14. The molecule has 0 saturated heterocycles. The molecule has 13 heavy (non-hydrogen) atoms. The maximum Gasteiger partial charge on any atom is 0.227 e. The van der Waals surface area contributed by atoms with Gasteiger partial charge in [0.15, 0.2) is 5.16 Å². The van der Waals surface area contributed by atoms with Crippen LogP contribution in [-0.2, 0) is 4.79 Å². The van der Waals surface area contributed by atoms with E-state index in [9.17, 15) is 4.79 Å². The zero-order chi connectivity index (χ0) is 9.84. The smallest absolute Gasteiger partial charge is 0.227 e. The Bertz CT molecular complexity index is 309. The number of carbonyl (C=O) groups excluding carboxylic acids is 1. The molecule has 0 fully saturated rings. The Labute approximate surface area is 79.1 Å². The standard InChI is InChI=1S/C6H9N5OS/c1-3-9-5(8)11-6(10-3)13-2-4(7)12/h2H2,1H3,(H2,7,12)(H2,8,9,10,11). The number of primary amides is 1. The number of carbonyl (C=O) groups is 1. The molecule has 1 rings (SSSR count). The van der Waals surface area contributed by atoms with Crippen LogP contribution in [0.3, 0.4) is 0 Å². The third kappa shape index (κ3) is 3.24. The van der Waals surface area contributed by atoms with Gasteiger partial charge in [0.1, 0.15) is 5.82 Å². The van der Waals surface area contributed by atoms with Gasteiger partial charge in [0.05, 0.1) is 5.75 Å². The molecule has 0 spiro atoms. The normalized spacial score (nSPS) is 9.92. The van der Waals surface area contributed by atoms with E-state index in [-0.39, 0.29) is 11.7 Å². The molecule has 1 heterocycles. The van der Waals surface area contributed by atoms with E-state index in [2.05, 4.69) is 15.0 Å². The number of nitrogen functional groups attached to an aromatic ring is 1. The number of anilines is 1. The van der Waals surface area contributed by atoms with Crippen molar-refractivity contribution in [1.82, 2.24) is 15.0 Å². The molecule has 7 heteroatoms. The number of aryl methyl sites for hydroxylation is 1. The molecule has 0 unspecified atom stereocenters. The minimum Gasteiger partial charge on any atom is -0.369 e. The van der Waals surface area contributed by atoms with Gasteiger partial charge in [0.25, 0.3) is 0 Å². The van der Waals surface area contributed by atoms with Gasteiger partial charge in [0.2, 0.25) is 11.9 Å².